The molecule has 1 fully saturated rings. The average Bonchev–Trinajstić information content (AvgIpc) is 2.65. The van der Waals surface area contributed by atoms with E-state index in [9.17, 15) is 9.59 Å². The highest BCUT2D eigenvalue weighted by molar-refractivity contribution is 6.03. The lowest BCUT2D eigenvalue weighted by atomic mass is 10.1. The third-order valence-corrected chi connectivity index (χ3v) is 3.33. The van der Waals surface area contributed by atoms with E-state index in [-0.39, 0.29) is 37.3 Å². The second kappa shape index (κ2) is 5.40. The lowest BCUT2D eigenvalue weighted by Crippen LogP contribution is -2.29. The van der Waals surface area contributed by atoms with Crippen molar-refractivity contribution in [2.75, 3.05) is 7.11 Å². The van der Waals surface area contributed by atoms with Crippen LogP contribution in [0.1, 0.15) is 24.5 Å². The summed E-state index contributed by atoms with van der Waals surface area (Å²) in [6.45, 7) is 1.86. The molecule has 0 aliphatic carbocycles. The fourth-order valence-corrected chi connectivity index (χ4v) is 2.24. The van der Waals surface area contributed by atoms with Crippen LogP contribution in [0.4, 0.5) is 0 Å². The number of hydrogen-bond acceptors (Lipinski definition) is 4. The van der Waals surface area contributed by atoms with Crippen molar-refractivity contribution in [2.45, 2.75) is 26.5 Å². The van der Waals surface area contributed by atoms with Crippen LogP contribution in [0.2, 0.25) is 0 Å². The van der Waals surface area contributed by atoms with E-state index in [1.807, 2.05) is 0 Å². The Bertz CT molecular complexity index is 512. The summed E-state index contributed by atoms with van der Waals surface area (Å²) in [7, 11) is 1.54. The van der Waals surface area contributed by atoms with Crippen molar-refractivity contribution in [3.63, 3.8) is 0 Å². The molecule has 102 valence electrons. The molecule has 1 aromatic rings. The summed E-state index contributed by atoms with van der Waals surface area (Å²) in [6, 6.07) is 5.23. The Labute approximate surface area is 111 Å². The van der Waals surface area contributed by atoms with Gasteiger partial charge in [0.05, 0.1) is 20.3 Å². The van der Waals surface area contributed by atoms with Gasteiger partial charge in [0, 0.05) is 17.9 Å². The molecule has 1 atom stereocenters. The summed E-state index contributed by atoms with van der Waals surface area (Å²) < 4.78 is 5.22. The molecule has 0 radical (unpaired) electrons. The Morgan fingerprint density at radius 2 is 2.16 bits per heavy atom. The Balaban J connectivity index is 2.27. The number of imide groups is 1. The zero-order valence-electron chi connectivity index (χ0n) is 11.0. The van der Waals surface area contributed by atoms with Crippen molar-refractivity contribution >= 4 is 11.8 Å². The molecule has 1 aliphatic rings. The molecule has 1 unspecified atom stereocenters. The third kappa shape index (κ3) is 2.61. The number of ether oxygens (including phenoxy) is 1. The Kier molecular flexibility index (Phi) is 3.85. The van der Waals surface area contributed by atoms with E-state index in [1.54, 1.807) is 25.1 Å². The normalized spacial score (nSPS) is 19.1. The molecule has 5 nitrogen and oxygen atoms in total. The van der Waals surface area contributed by atoms with E-state index in [0.717, 1.165) is 11.1 Å². The van der Waals surface area contributed by atoms with Crippen LogP contribution in [0.5, 0.6) is 5.75 Å². The molecule has 2 rings (SSSR count). The highest BCUT2D eigenvalue weighted by atomic mass is 16.5. The first kappa shape index (κ1) is 13.5. The number of carbonyl (C=O) groups excluding carboxylic acids is 2. The molecular weight excluding hydrogens is 246 g/mol. The van der Waals surface area contributed by atoms with Crippen molar-refractivity contribution in [3.8, 4) is 5.75 Å². The van der Waals surface area contributed by atoms with Crippen LogP contribution in [-0.4, -0.2) is 28.9 Å². The monoisotopic (exact) mass is 263 g/mol. The summed E-state index contributed by atoms with van der Waals surface area (Å²) in [5, 5.41) is 9.14. The molecule has 0 aromatic heterocycles. The van der Waals surface area contributed by atoms with Gasteiger partial charge in [-0.3, -0.25) is 14.5 Å². The van der Waals surface area contributed by atoms with Crippen LogP contribution in [0.25, 0.3) is 0 Å². The number of likely N-dealkylation sites (tertiary alicyclic amines) is 1. The van der Waals surface area contributed by atoms with Crippen LogP contribution in [0.15, 0.2) is 18.2 Å². The fourth-order valence-electron chi connectivity index (χ4n) is 2.24. The minimum atomic E-state index is -0.250. The van der Waals surface area contributed by atoms with E-state index < -0.39 is 0 Å². The van der Waals surface area contributed by atoms with Gasteiger partial charge < -0.3 is 9.84 Å². The zero-order valence-corrected chi connectivity index (χ0v) is 11.0. The van der Waals surface area contributed by atoms with Gasteiger partial charge in [0.2, 0.25) is 11.8 Å². The summed E-state index contributed by atoms with van der Waals surface area (Å²) in [5.41, 5.74) is 1.45. The van der Waals surface area contributed by atoms with Gasteiger partial charge in [-0.2, -0.15) is 0 Å². The maximum atomic E-state index is 11.9. The number of amides is 2. The van der Waals surface area contributed by atoms with E-state index in [2.05, 4.69) is 0 Å². The SMILES string of the molecule is COc1ccc(CO)cc1CN1C(=O)CC(C)C1=O. The number of rotatable bonds is 4. The first-order valence-electron chi connectivity index (χ1n) is 6.17. The molecule has 1 aliphatic heterocycles. The van der Waals surface area contributed by atoms with E-state index in [4.69, 9.17) is 9.84 Å². The summed E-state index contributed by atoms with van der Waals surface area (Å²) in [5.74, 6) is 0.0484. The van der Waals surface area contributed by atoms with Crippen molar-refractivity contribution in [2.24, 2.45) is 5.92 Å². The van der Waals surface area contributed by atoms with E-state index in [0.29, 0.717) is 5.75 Å². The molecule has 1 aromatic carbocycles. The van der Waals surface area contributed by atoms with Crippen LogP contribution in [0.3, 0.4) is 0 Å². The zero-order chi connectivity index (χ0) is 14.0. The largest absolute Gasteiger partial charge is 0.496 e. The molecule has 1 heterocycles. The molecule has 5 heteroatoms. The maximum Gasteiger partial charge on any atom is 0.232 e. The lowest BCUT2D eigenvalue weighted by Gasteiger charge is -2.17. The van der Waals surface area contributed by atoms with Crippen LogP contribution in [-0.2, 0) is 22.7 Å². The van der Waals surface area contributed by atoms with Crippen molar-refractivity contribution < 1.29 is 19.4 Å². The van der Waals surface area contributed by atoms with Gasteiger partial charge in [0.15, 0.2) is 0 Å². The summed E-state index contributed by atoms with van der Waals surface area (Å²) in [4.78, 5) is 24.9. The fraction of sp³-hybridized carbons (Fsp3) is 0.429. The smallest absolute Gasteiger partial charge is 0.232 e. The topological polar surface area (TPSA) is 66.8 Å². The molecular formula is C14H17NO4. The average molecular weight is 263 g/mol. The number of benzene rings is 1. The first-order chi connectivity index (χ1) is 9.06. The Hall–Kier alpha value is -1.88. The second-order valence-corrected chi connectivity index (χ2v) is 4.73. The molecule has 1 N–H and O–H groups in total. The molecule has 0 bridgehead atoms. The molecule has 1 saturated heterocycles. The lowest BCUT2D eigenvalue weighted by molar-refractivity contribution is -0.139. The standard InChI is InChI=1S/C14H17NO4/c1-9-5-13(17)15(14(9)18)7-11-6-10(8-16)3-4-12(11)19-2/h3-4,6,9,16H,5,7-8H2,1-2H3. The van der Waals surface area contributed by atoms with E-state index >= 15 is 0 Å². The highest BCUT2D eigenvalue weighted by Gasteiger charge is 2.35. The first-order valence-corrected chi connectivity index (χ1v) is 6.17. The predicted octanol–water partition coefficient (Wildman–Crippen LogP) is 1.08. The van der Waals surface area contributed by atoms with Crippen LogP contribution >= 0.6 is 0 Å². The quantitative estimate of drug-likeness (QED) is 0.825. The van der Waals surface area contributed by atoms with Gasteiger partial charge in [0.1, 0.15) is 5.75 Å². The predicted molar refractivity (Wildman–Crippen MR) is 68.3 cm³/mol. The number of aliphatic hydroxyl groups is 1. The molecule has 19 heavy (non-hydrogen) atoms. The number of nitrogens with zero attached hydrogens (tertiary/aromatic N) is 1. The van der Waals surface area contributed by atoms with Gasteiger partial charge in [-0.25, -0.2) is 0 Å². The minimum Gasteiger partial charge on any atom is -0.496 e. The van der Waals surface area contributed by atoms with Gasteiger partial charge >= 0.3 is 0 Å². The van der Waals surface area contributed by atoms with Gasteiger partial charge in [0.25, 0.3) is 0 Å². The number of aliphatic hydroxyl groups excluding tert-OH is 1. The highest BCUT2D eigenvalue weighted by Crippen LogP contribution is 2.26. The van der Waals surface area contributed by atoms with Gasteiger partial charge in [-0.15, -0.1) is 0 Å². The summed E-state index contributed by atoms with van der Waals surface area (Å²) >= 11 is 0. The minimum absolute atomic E-state index is 0.0880. The van der Waals surface area contributed by atoms with Gasteiger partial charge in [-0.05, 0) is 17.7 Å². The Morgan fingerprint density at radius 1 is 1.42 bits per heavy atom. The van der Waals surface area contributed by atoms with Gasteiger partial charge in [-0.1, -0.05) is 13.0 Å². The second-order valence-electron chi connectivity index (χ2n) is 4.73. The molecule has 0 spiro atoms. The maximum absolute atomic E-state index is 11.9. The number of methoxy groups -OCH3 is 1. The van der Waals surface area contributed by atoms with Crippen LogP contribution in [0, 0.1) is 5.92 Å². The number of carbonyl (C=O) groups is 2. The number of hydrogen-bond donors (Lipinski definition) is 1. The van der Waals surface area contributed by atoms with Crippen LogP contribution < -0.4 is 4.74 Å². The summed E-state index contributed by atoms with van der Waals surface area (Å²) in [6.07, 6.45) is 0.265. The third-order valence-electron chi connectivity index (χ3n) is 3.33. The Morgan fingerprint density at radius 3 is 2.68 bits per heavy atom. The van der Waals surface area contributed by atoms with Crippen molar-refractivity contribution in [3.05, 3.63) is 29.3 Å². The molecule has 2 amide bonds. The van der Waals surface area contributed by atoms with Crippen molar-refractivity contribution in [1.29, 1.82) is 0 Å². The van der Waals surface area contributed by atoms with Crippen molar-refractivity contribution in [1.82, 2.24) is 4.90 Å². The van der Waals surface area contributed by atoms with E-state index in [1.165, 1.54) is 12.0 Å². The molecule has 0 saturated carbocycles.